The highest BCUT2D eigenvalue weighted by Gasteiger charge is 2.43. The molecule has 0 aromatic rings. The Morgan fingerprint density at radius 2 is 2.10 bits per heavy atom. The topological polar surface area (TPSA) is 75.7 Å². The zero-order valence-electron chi connectivity index (χ0n) is 13.1. The first kappa shape index (κ1) is 16.7. The Kier molecular flexibility index (Phi) is 4.95. The molecule has 1 aliphatic heterocycles. The summed E-state index contributed by atoms with van der Waals surface area (Å²) in [6.45, 7) is 6.87. The molecule has 21 heavy (non-hydrogen) atoms. The number of nitrogens with one attached hydrogen (secondary N) is 1. The van der Waals surface area contributed by atoms with E-state index in [-0.39, 0.29) is 23.5 Å². The lowest BCUT2D eigenvalue weighted by Gasteiger charge is -2.39. The largest absolute Gasteiger partial charge is 0.465 e. The quantitative estimate of drug-likeness (QED) is 0.704. The number of nitrogens with zero attached hydrogens (tertiary/aromatic N) is 1. The van der Waals surface area contributed by atoms with Crippen LogP contribution in [0.3, 0.4) is 0 Å². The van der Waals surface area contributed by atoms with E-state index in [1.54, 1.807) is 6.92 Å². The van der Waals surface area contributed by atoms with Gasteiger partial charge in [-0.25, -0.2) is 8.42 Å². The van der Waals surface area contributed by atoms with Crippen LogP contribution < -0.4 is 5.32 Å². The van der Waals surface area contributed by atoms with E-state index in [1.807, 2.05) is 13.8 Å². The van der Waals surface area contributed by atoms with E-state index in [2.05, 4.69) is 10.2 Å². The maximum atomic E-state index is 12.3. The van der Waals surface area contributed by atoms with Crippen molar-refractivity contribution in [2.75, 3.05) is 31.2 Å². The Morgan fingerprint density at radius 3 is 2.62 bits per heavy atom. The molecule has 0 aromatic carbocycles. The van der Waals surface area contributed by atoms with Crippen LogP contribution in [0.15, 0.2) is 0 Å². The average Bonchev–Trinajstić information content (AvgIpc) is 3.16. The predicted molar refractivity (Wildman–Crippen MR) is 80.9 cm³/mol. The Labute approximate surface area is 127 Å². The maximum Gasteiger partial charge on any atom is 0.327 e. The molecule has 2 aliphatic rings. The Hall–Kier alpha value is -0.660. The lowest BCUT2D eigenvalue weighted by Crippen LogP contribution is -2.61. The van der Waals surface area contributed by atoms with Crippen LogP contribution in [0.4, 0.5) is 0 Å². The summed E-state index contributed by atoms with van der Waals surface area (Å²) in [6, 6.07) is 0.307. The first-order valence-electron chi connectivity index (χ1n) is 7.65. The molecule has 122 valence electrons. The highest BCUT2D eigenvalue weighted by molar-refractivity contribution is 7.91. The first-order chi connectivity index (χ1) is 9.76. The normalized spacial score (nSPS) is 28.8. The zero-order valence-corrected chi connectivity index (χ0v) is 13.9. The highest BCUT2D eigenvalue weighted by atomic mass is 32.2. The summed E-state index contributed by atoms with van der Waals surface area (Å²) in [6.07, 6.45) is 2.16. The second-order valence-electron chi connectivity index (χ2n) is 6.41. The van der Waals surface area contributed by atoms with E-state index < -0.39 is 15.4 Å². The van der Waals surface area contributed by atoms with Crippen LogP contribution in [0.25, 0.3) is 0 Å². The van der Waals surface area contributed by atoms with Crippen molar-refractivity contribution in [3.63, 3.8) is 0 Å². The molecule has 1 N–H and O–H groups in total. The fraction of sp³-hybridized carbons (Fsp3) is 0.929. The number of ether oxygens (including phenoxy) is 1. The summed E-state index contributed by atoms with van der Waals surface area (Å²) in [5.74, 6) is 0.0761. The summed E-state index contributed by atoms with van der Waals surface area (Å²) < 4.78 is 28.5. The van der Waals surface area contributed by atoms with Gasteiger partial charge in [0, 0.05) is 25.2 Å². The van der Waals surface area contributed by atoms with Crippen LogP contribution in [0.5, 0.6) is 0 Å². The Morgan fingerprint density at radius 1 is 1.43 bits per heavy atom. The Balaban J connectivity index is 2.05. The molecule has 0 bridgehead atoms. The van der Waals surface area contributed by atoms with E-state index >= 15 is 0 Å². The lowest BCUT2D eigenvalue weighted by atomic mass is 10.0. The molecule has 2 fully saturated rings. The number of esters is 1. The second kappa shape index (κ2) is 6.22. The molecular formula is C14H26N2O4S. The summed E-state index contributed by atoms with van der Waals surface area (Å²) in [7, 11) is -2.94. The van der Waals surface area contributed by atoms with Crippen molar-refractivity contribution in [1.82, 2.24) is 10.2 Å². The predicted octanol–water partition coefficient (Wildman–Crippen LogP) is 0.179. The molecule has 1 aliphatic carbocycles. The molecule has 0 amide bonds. The zero-order chi connectivity index (χ0) is 15.7. The average molecular weight is 318 g/mol. The van der Waals surface area contributed by atoms with Crippen LogP contribution in [-0.2, 0) is 19.4 Å². The monoisotopic (exact) mass is 318 g/mol. The first-order valence-corrected chi connectivity index (χ1v) is 9.47. The van der Waals surface area contributed by atoms with Gasteiger partial charge in [-0.15, -0.1) is 0 Å². The number of sulfone groups is 1. The van der Waals surface area contributed by atoms with E-state index in [9.17, 15) is 13.2 Å². The van der Waals surface area contributed by atoms with Crippen LogP contribution in [0.2, 0.25) is 0 Å². The molecule has 1 heterocycles. The van der Waals surface area contributed by atoms with Gasteiger partial charge in [-0.2, -0.15) is 0 Å². The number of rotatable bonds is 6. The molecule has 0 spiro atoms. The highest BCUT2D eigenvalue weighted by Crippen LogP contribution is 2.25. The smallest absolute Gasteiger partial charge is 0.327 e. The minimum Gasteiger partial charge on any atom is -0.465 e. The molecule has 1 saturated heterocycles. The van der Waals surface area contributed by atoms with Gasteiger partial charge < -0.3 is 4.74 Å². The summed E-state index contributed by atoms with van der Waals surface area (Å²) in [5, 5.41) is 3.37. The van der Waals surface area contributed by atoms with Crippen molar-refractivity contribution in [3.8, 4) is 0 Å². The standard InChI is InChI=1S/C14H26N2O4S/c1-4-20-13(17)14(3,15-12-5-6-12)10-16-7-8-21(18,19)9-11(16)2/h11-12,15H,4-10H2,1-3H3. The fourth-order valence-electron chi connectivity index (χ4n) is 2.81. The number of hydrogen-bond donors (Lipinski definition) is 1. The molecule has 1 saturated carbocycles. The fourth-order valence-corrected chi connectivity index (χ4v) is 4.44. The van der Waals surface area contributed by atoms with Gasteiger partial charge >= 0.3 is 5.97 Å². The molecule has 2 rings (SSSR count). The molecule has 2 atom stereocenters. The minimum atomic E-state index is -2.94. The Bertz CT molecular complexity index is 489. The van der Waals surface area contributed by atoms with Gasteiger partial charge in [0.1, 0.15) is 5.54 Å². The van der Waals surface area contributed by atoms with Crippen LogP contribution in [0, 0.1) is 0 Å². The van der Waals surface area contributed by atoms with E-state index in [1.165, 1.54) is 0 Å². The van der Waals surface area contributed by atoms with Crippen LogP contribution in [0.1, 0.15) is 33.6 Å². The number of carbonyl (C=O) groups excluding carboxylic acids is 1. The lowest BCUT2D eigenvalue weighted by molar-refractivity contribution is -0.151. The van der Waals surface area contributed by atoms with E-state index in [0.29, 0.717) is 25.7 Å². The van der Waals surface area contributed by atoms with Gasteiger partial charge in [-0.1, -0.05) is 0 Å². The molecular weight excluding hydrogens is 292 g/mol. The molecule has 2 unspecified atom stereocenters. The van der Waals surface area contributed by atoms with E-state index in [4.69, 9.17) is 4.74 Å². The van der Waals surface area contributed by atoms with Crippen LogP contribution in [-0.4, -0.2) is 68.1 Å². The SMILES string of the molecule is CCOC(=O)C(C)(CN1CCS(=O)(=O)CC1C)NC1CC1. The summed E-state index contributed by atoms with van der Waals surface area (Å²) in [4.78, 5) is 14.4. The number of carbonyl (C=O) groups is 1. The maximum absolute atomic E-state index is 12.3. The minimum absolute atomic E-state index is 0.0708. The summed E-state index contributed by atoms with van der Waals surface area (Å²) >= 11 is 0. The van der Waals surface area contributed by atoms with Gasteiger partial charge in [0.15, 0.2) is 9.84 Å². The van der Waals surface area contributed by atoms with Crippen molar-refractivity contribution < 1.29 is 17.9 Å². The summed E-state index contributed by atoms with van der Waals surface area (Å²) in [5.41, 5.74) is -0.771. The van der Waals surface area contributed by atoms with Crippen molar-refractivity contribution in [3.05, 3.63) is 0 Å². The molecule has 0 radical (unpaired) electrons. The number of hydrogen-bond acceptors (Lipinski definition) is 6. The van der Waals surface area contributed by atoms with E-state index in [0.717, 1.165) is 12.8 Å². The van der Waals surface area contributed by atoms with Crippen molar-refractivity contribution in [2.24, 2.45) is 0 Å². The third kappa shape index (κ3) is 4.40. The van der Waals surface area contributed by atoms with Crippen molar-refractivity contribution >= 4 is 15.8 Å². The van der Waals surface area contributed by atoms with Gasteiger partial charge in [0.2, 0.25) is 0 Å². The molecule has 7 heteroatoms. The molecule has 6 nitrogen and oxygen atoms in total. The van der Waals surface area contributed by atoms with Crippen LogP contribution >= 0.6 is 0 Å². The molecule has 0 aromatic heterocycles. The van der Waals surface area contributed by atoms with Crippen molar-refractivity contribution in [2.45, 2.75) is 51.2 Å². The van der Waals surface area contributed by atoms with Gasteiger partial charge in [0.05, 0.1) is 18.1 Å². The van der Waals surface area contributed by atoms with Gasteiger partial charge in [-0.05, 0) is 33.6 Å². The van der Waals surface area contributed by atoms with Gasteiger partial charge in [0.25, 0.3) is 0 Å². The third-order valence-electron chi connectivity index (χ3n) is 4.15. The second-order valence-corrected chi connectivity index (χ2v) is 8.63. The third-order valence-corrected chi connectivity index (χ3v) is 5.95. The van der Waals surface area contributed by atoms with Gasteiger partial charge in [-0.3, -0.25) is 15.0 Å². The van der Waals surface area contributed by atoms with Crippen molar-refractivity contribution in [1.29, 1.82) is 0 Å².